The van der Waals surface area contributed by atoms with Gasteiger partial charge in [0.1, 0.15) is 0 Å². The van der Waals surface area contributed by atoms with Gasteiger partial charge in [-0.25, -0.2) is 0 Å². The Balaban J connectivity index is 1.46. The first-order valence-corrected chi connectivity index (χ1v) is 12.0. The molecule has 0 heterocycles. The normalized spacial score (nSPS) is 42.2. The Morgan fingerprint density at radius 3 is 2.69 bits per heavy atom. The molecule has 0 radical (unpaired) electrons. The van der Waals surface area contributed by atoms with Crippen molar-refractivity contribution in [3.05, 3.63) is 58.7 Å². The minimum atomic E-state index is -0.139. The van der Waals surface area contributed by atoms with Gasteiger partial charge in [0.25, 0.3) is 0 Å². The zero-order chi connectivity index (χ0) is 20.4. The van der Waals surface area contributed by atoms with Crippen LogP contribution in [0, 0.1) is 35.5 Å². The first kappa shape index (κ1) is 19.6. The van der Waals surface area contributed by atoms with Crippen molar-refractivity contribution in [2.75, 3.05) is 0 Å². The largest absolute Gasteiger partial charge is 0.392 e. The van der Waals surface area contributed by atoms with Crippen LogP contribution in [-0.2, 0) is 0 Å². The van der Waals surface area contributed by atoms with Crippen molar-refractivity contribution in [1.82, 2.24) is 0 Å². The van der Waals surface area contributed by atoms with Crippen LogP contribution in [0.4, 0.5) is 0 Å². The maximum atomic E-state index is 11.1. The molecule has 0 saturated heterocycles. The fraction of sp³-hybridized carbons (Fsp3) is 0.643. The summed E-state index contributed by atoms with van der Waals surface area (Å²) in [4.78, 5) is 0. The Bertz CT molecular complexity index is 863. The number of aliphatic hydroxyl groups excluding tert-OH is 1. The van der Waals surface area contributed by atoms with E-state index in [0.29, 0.717) is 17.3 Å². The molecular formula is C28H38O. The Labute approximate surface area is 177 Å². The highest BCUT2D eigenvalue weighted by molar-refractivity contribution is 5.38. The van der Waals surface area contributed by atoms with Gasteiger partial charge < -0.3 is 5.11 Å². The van der Waals surface area contributed by atoms with E-state index in [4.69, 9.17) is 0 Å². The summed E-state index contributed by atoms with van der Waals surface area (Å²) in [5.41, 5.74) is 6.47. The summed E-state index contributed by atoms with van der Waals surface area (Å²) in [6.45, 7) is 9.60. The molecule has 1 aromatic rings. The summed E-state index contributed by atoms with van der Waals surface area (Å²) >= 11 is 0. The highest BCUT2D eigenvalue weighted by Crippen LogP contribution is 2.66. The molecule has 156 valence electrons. The van der Waals surface area contributed by atoms with Crippen LogP contribution >= 0.6 is 0 Å². The van der Waals surface area contributed by atoms with Crippen LogP contribution in [0.15, 0.2) is 47.6 Å². The molecule has 1 aromatic carbocycles. The molecule has 1 nitrogen and oxygen atoms in total. The van der Waals surface area contributed by atoms with Gasteiger partial charge in [0.2, 0.25) is 0 Å². The fourth-order valence-corrected chi connectivity index (χ4v) is 8.11. The van der Waals surface area contributed by atoms with E-state index < -0.39 is 0 Å². The quantitative estimate of drug-likeness (QED) is 0.541. The zero-order valence-corrected chi connectivity index (χ0v) is 18.7. The number of allylic oxidation sites excluding steroid dienone is 3. The summed E-state index contributed by atoms with van der Waals surface area (Å²) in [6.07, 6.45) is 13.4. The first-order chi connectivity index (χ1) is 13.9. The zero-order valence-electron chi connectivity index (χ0n) is 18.7. The summed E-state index contributed by atoms with van der Waals surface area (Å²) in [5, 5.41) is 11.1. The van der Waals surface area contributed by atoms with Crippen molar-refractivity contribution in [2.24, 2.45) is 28.6 Å². The van der Waals surface area contributed by atoms with E-state index in [1.807, 2.05) is 0 Å². The molecule has 2 fully saturated rings. The van der Waals surface area contributed by atoms with E-state index in [1.165, 1.54) is 49.7 Å². The number of benzene rings is 1. The molecule has 1 heteroatoms. The van der Waals surface area contributed by atoms with Gasteiger partial charge in [0.05, 0.1) is 6.10 Å². The van der Waals surface area contributed by atoms with Crippen LogP contribution in [0.25, 0.3) is 0 Å². The van der Waals surface area contributed by atoms with Gasteiger partial charge in [0.15, 0.2) is 0 Å². The highest BCUT2D eigenvalue weighted by atomic mass is 16.3. The number of aryl methyl sites for hydroxylation is 1. The standard InChI is InChI=1S/C28H38O/c1-18-7-5-8-20(17-18)19(2)23-13-14-24-22-12-11-21-9-6-10-26(29)28(21,4)25(22)15-16-27(23,24)3/h5,7-8,11,13,17,19,22,24-26,29H,6,9-10,12,14-16H2,1-4H3/t19?,22-,24-,25-,26?,27+,28-/m0/s1. The Morgan fingerprint density at radius 2 is 1.90 bits per heavy atom. The maximum absolute atomic E-state index is 11.1. The molecule has 7 atom stereocenters. The molecule has 0 aromatic heterocycles. The van der Waals surface area contributed by atoms with E-state index in [1.54, 1.807) is 11.1 Å². The van der Waals surface area contributed by atoms with Crippen molar-refractivity contribution in [3.8, 4) is 0 Å². The van der Waals surface area contributed by atoms with E-state index in [0.717, 1.165) is 18.3 Å². The van der Waals surface area contributed by atoms with Crippen LogP contribution < -0.4 is 0 Å². The summed E-state index contributed by atoms with van der Waals surface area (Å²) in [6, 6.07) is 9.11. The Kier molecular flexibility index (Phi) is 4.63. The average molecular weight is 391 g/mol. The van der Waals surface area contributed by atoms with Crippen LogP contribution in [-0.4, -0.2) is 11.2 Å². The van der Waals surface area contributed by atoms with E-state index in [2.05, 4.69) is 64.1 Å². The van der Waals surface area contributed by atoms with Gasteiger partial charge in [-0.05, 0) is 80.6 Å². The molecule has 4 aliphatic carbocycles. The predicted octanol–water partition coefficient (Wildman–Crippen LogP) is 6.96. The third-order valence-electron chi connectivity index (χ3n) is 9.80. The van der Waals surface area contributed by atoms with E-state index in [9.17, 15) is 5.11 Å². The van der Waals surface area contributed by atoms with Crippen LogP contribution in [0.1, 0.15) is 82.8 Å². The van der Waals surface area contributed by atoms with E-state index >= 15 is 0 Å². The second-order valence-corrected chi connectivity index (χ2v) is 11.0. The molecule has 2 unspecified atom stereocenters. The van der Waals surface area contributed by atoms with Gasteiger partial charge in [-0.3, -0.25) is 0 Å². The topological polar surface area (TPSA) is 20.2 Å². The molecule has 5 rings (SSSR count). The molecule has 0 aliphatic heterocycles. The second kappa shape index (κ2) is 6.84. The maximum Gasteiger partial charge on any atom is 0.0633 e. The van der Waals surface area contributed by atoms with Crippen molar-refractivity contribution < 1.29 is 5.11 Å². The third kappa shape index (κ3) is 2.76. The van der Waals surface area contributed by atoms with Crippen molar-refractivity contribution in [1.29, 1.82) is 0 Å². The van der Waals surface area contributed by atoms with Gasteiger partial charge in [0, 0.05) is 11.3 Å². The second-order valence-electron chi connectivity index (χ2n) is 11.0. The Hall–Kier alpha value is -1.34. The SMILES string of the molecule is Cc1cccc(C(C)C2=CC[C@H]3[C@@H]4CC=C5CCCC(O)[C@]5(C)[C@H]4CC[C@]23C)c1. The van der Waals surface area contributed by atoms with Crippen LogP contribution in [0.2, 0.25) is 0 Å². The smallest absolute Gasteiger partial charge is 0.0633 e. The molecule has 29 heavy (non-hydrogen) atoms. The lowest BCUT2D eigenvalue weighted by molar-refractivity contribution is -0.0782. The lowest BCUT2D eigenvalue weighted by Crippen LogP contribution is -2.53. The summed E-state index contributed by atoms with van der Waals surface area (Å²) in [7, 11) is 0. The first-order valence-electron chi connectivity index (χ1n) is 12.0. The lowest BCUT2D eigenvalue weighted by Gasteiger charge is -2.59. The average Bonchev–Trinajstić information content (AvgIpc) is 3.05. The van der Waals surface area contributed by atoms with Gasteiger partial charge >= 0.3 is 0 Å². The molecule has 0 bridgehead atoms. The third-order valence-corrected chi connectivity index (χ3v) is 9.80. The predicted molar refractivity (Wildman–Crippen MR) is 121 cm³/mol. The van der Waals surface area contributed by atoms with Crippen LogP contribution in [0.3, 0.4) is 0 Å². The molecule has 4 aliphatic rings. The number of hydrogen-bond donors (Lipinski definition) is 1. The van der Waals surface area contributed by atoms with Gasteiger partial charge in [-0.15, -0.1) is 0 Å². The van der Waals surface area contributed by atoms with Crippen molar-refractivity contribution in [3.63, 3.8) is 0 Å². The molecule has 2 saturated carbocycles. The lowest BCUT2D eigenvalue weighted by atomic mass is 9.46. The fourth-order valence-electron chi connectivity index (χ4n) is 8.11. The minimum absolute atomic E-state index is 0.0351. The van der Waals surface area contributed by atoms with Gasteiger partial charge in [-0.2, -0.15) is 0 Å². The van der Waals surface area contributed by atoms with Gasteiger partial charge in [-0.1, -0.05) is 73.9 Å². The Morgan fingerprint density at radius 1 is 1.07 bits per heavy atom. The monoisotopic (exact) mass is 390 g/mol. The van der Waals surface area contributed by atoms with Crippen molar-refractivity contribution >= 4 is 0 Å². The number of hydrogen-bond acceptors (Lipinski definition) is 1. The minimum Gasteiger partial charge on any atom is -0.392 e. The summed E-state index contributed by atoms with van der Waals surface area (Å²) in [5.74, 6) is 2.64. The molecule has 0 spiro atoms. The highest BCUT2D eigenvalue weighted by Gasteiger charge is 2.58. The summed E-state index contributed by atoms with van der Waals surface area (Å²) < 4.78 is 0. The van der Waals surface area contributed by atoms with E-state index in [-0.39, 0.29) is 11.5 Å². The van der Waals surface area contributed by atoms with Crippen LogP contribution in [0.5, 0.6) is 0 Å². The molecular weight excluding hydrogens is 352 g/mol. The number of fused-ring (bicyclic) bond motifs is 5. The number of aliphatic hydroxyl groups is 1. The number of rotatable bonds is 2. The van der Waals surface area contributed by atoms with Crippen molar-refractivity contribution in [2.45, 2.75) is 84.7 Å². The molecule has 0 amide bonds. The molecule has 1 N–H and O–H groups in total.